The van der Waals surface area contributed by atoms with Gasteiger partial charge in [-0.05, 0) is 30.5 Å². The quantitative estimate of drug-likeness (QED) is 0.624. The largest absolute Gasteiger partial charge is 0.342 e. The van der Waals surface area contributed by atoms with Gasteiger partial charge in [-0.2, -0.15) is 0 Å². The molecule has 0 spiro atoms. The Morgan fingerprint density at radius 3 is 2.37 bits per heavy atom. The van der Waals surface area contributed by atoms with E-state index in [1.54, 1.807) is 15.9 Å². The van der Waals surface area contributed by atoms with Crippen molar-refractivity contribution < 1.29 is 18.0 Å². The van der Waals surface area contributed by atoms with E-state index in [9.17, 15) is 18.0 Å². The van der Waals surface area contributed by atoms with Gasteiger partial charge in [0.1, 0.15) is 0 Å². The number of halogens is 1. The van der Waals surface area contributed by atoms with Crippen LogP contribution in [0.3, 0.4) is 0 Å². The van der Waals surface area contributed by atoms with Crippen LogP contribution in [-0.4, -0.2) is 74.1 Å². The zero-order valence-electron chi connectivity index (χ0n) is 15.1. The Labute approximate surface area is 168 Å². The molecule has 2 aliphatic rings. The summed E-state index contributed by atoms with van der Waals surface area (Å²) in [5.41, 5.74) is 0.746. The molecule has 0 aromatic heterocycles. The molecule has 0 radical (unpaired) electrons. The molecule has 3 rings (SSSR count). The van der Waals surface area contributed by atoms with Crippen molar-refractivity contribution in [2.45, 2.75) is 18.6 Å². The van der Waals surface area contributed by atoms with Crippen molar-refractivity contribution >= 4 is 38.3 Å². The number of hydrogen-bond donors (Lipinski definition) is 0. The Hall–Kier alpha value is -1.45. The Balaban J connectivity index is 1.53. The van der Waals surface area contributed by atoms with Gasteiger partial charge >= 0.3 is 0 Å². The van der Waals surface area contributed by atoms with Crippen LogP contribution >= 0.6 is 15.9 Å². The van der Waals surface area contributed by atoms with Gasteiger partial charge in [-0.3, -0.25) is 9.59 Å². The molecule has 0 aliphatic carbocycles. The molecule has 0 unspecified atom stereocenters. The Morgan fingerprint density at radius 2 is 1.78 bits per heavy atom. The SMILES string of the molecule is O=CN1CCN(C(=O)C2CCN(S(=O)(=O)Cc3cccc(Br)c3)CC2)CC1. The van der Waals surface area contributed by atoms with Crippen molar-refractivity contribution in [1.82, 2.24) is 14.1 Å². The summed E-state index contributed by atoms with van der Waals surface area (Å²) in [6.07, 6.45) is 1.91. The Kier molecular flexibility index (Phi) is 6.54. The van der Waals surface area contributed by atoms with Crippen molar-refractivity contribution in [3.05, 3.63) is 34.3 Å². The van der Waals surface area contributed by atoms with E-state index in [0.717, 1.165) is 16.4 Å². The van der Waals surface area contributed by atoms with E-state index in [-0.39, 0.29) is 17.6 Å². The molecule has 27 heavy (non-hydrogen) atoms. The highest BCUT2D eigenvalue weighted by atomic mass is 79.9. The third-order valence-electron chi connectivity index (χ3n) is 5.21. The first-order valence-corrected chi connectivity index (χ1v) is 11.5. The van der Waals surface area contributed by atoms with Gasteiger partial charge < -0.3 is 9.80 Å². The van der Waals surface area contributed by atoms with E-state index >= 15 is 0 Å². The lowest BCUT2D eigenvalue weighted by atomic mass is 9.96. The lowest BCUT2D eigenvalue weighted by Crippen LogP contribution is -2.51. The van der Waals surface area contributed by atoms with E-state index in [1.165, 1.54) is 4.31 Å². The molecule has 2 amide bonds. The highest BCUT2D eigenvalue weighted by molar-refractivity contribution is 9.10. The van der Waals surface area contributed by atoms with Crippen molar-refractivity contribution in [3.8, 4) is 0 Å². The van der Waals surface area contributed by atoms with Gasteiger partial charge in [0, 0.05) is 49.7 Å². The van der Waals surface area contributed by atoms with Gasteiger partial charge in [0.05, 0.1) is 5.75 Å². The molecule has 7 nitrogen and oxygen atoms in total. The Morgan fingerprint density at radius 1 is 1.11 bits per heavy atom. The average Bonchev–Trinajstić information content (AvgIpc) is 2.67. The molecule has 1 aromatic rings. The molecule has 148 valence electrons. The lowest BCUT2D eigenvalue weighted by molar-refractivity contribution is -0.140. The van der Waals surface area contributed by atoms with Gasteiger partial charge in [-0.15, -0.1) is 0 Å². The van der Waals surface area contributed by atoms with Crippen LogP contribution in [-0.2, 0) is 25.4 Å². The second-order valence-electron chi connectivity index (χ2n) is 7.03. The van der Waals surface area contributed by atoms with E-state index < -0.39 is 10.0 Å². The molecule has 0 saturated carbocycles. The van der Waals surface area contributed by atoms with E-state index in [0.29, 0.717) is 52.1 Å². The first-order chi connectivity index (χ1) is 12.9. The summed E-state index contributed by atoms with van der Waals surface area (Å²) >= 11 is 3.36. The minimum Gasteiger partial charge on any atom is -0.342 e. The second-order valence-corrected chi connectivity index (χ2v) is 9.91. The summed E-state index contributed by atoms with van der Waals surface area (Å²) in [6, 6.07) is 7.30. The highest BCUT2D eigenvalue weighted by Gasteiger charge is 2.33. The van der Waals surface area contributed by atoms with E-state index in [4.69, 9.17) is 0 Å². The highest BCUT2D eigenvalue weighted by Crippen LogP contribution is 2.24. The molecule has 0 atom stereocenters. The number of nitrogens with zero attached hydrogens (tertiary/aromatic N) is 3. The number of hydrogen-bond acceptors (Lipinski definition) is 4. The molecule has 9 heteroatoms. The number of carbonyl (C=O) groups excluding carboxylic acids is 2. The molecule has 2 saturated heterocycles. The van der Waals surface area contributed by atoms with E-state index in [2.05, 4.69) is 15.9 Å². The van der Waals surface area contributed by atoms with Crippen LogP contribution in [0.5, 0.6) is 0 Å². The number of piperidine rings is 1. The molecule has 2 fully saturated rings. The number of carbonyl (C=O) groups is 2. The molecule has 0 bridgehead atoms. The number of rotatable bonds is 5. The second kappa shape index (κ2) is 8.70. The third kappa shape index (κ3) is 5.08. The van der Waals surface area contributed by atoms with Crippen molar-refractivity contribution in [2.75, 3.05) is 39.3 Å². The third-order valence-corrected chi connectivity index (χ3v) is 7.55. The van der Waals surface area contributed by atoms with Crippen molar-refractivity contribution in [2.24, 2.45) is 5.92 Å². The van der Waals surface area contributed by atoms with Crippen LogP contribution in [0.15, 0.2) is 28.7 Å². The molecular formula is C18H24BrN3O4S. The number of amides is 2. The van der Waals surface area contributed by atoms with Crippen LogP contribution in [0.25, 0.3) is 0 Å². The van der Waals surface area contributed by atoms with Crippen LogP contribution in [0.2, 0.25) is 0 Å². The summed E-state index contributed by atoms with van der Waals surface area (Å²) in [6.45, 7) is 2.99. The number of piperazine rings is 1. The number of sulfonamides is 1. The fourth-order valence-electron chi connectivity index (χ4n) is 3.62. The minimum absolute atomic E-state index is 0.0291. The van der Waals surface area contributed by atoms with Crippen LogP contribution in [0.4, 0.5) is 0 Å². The molecule has 1 aromatic carbocycles. The van der Waals surface area contributed by atoms with Gasteiger partial charge in [-0.1, -0.05) is 28.1 Å². The first kappa shape index (κ1) is 20.3. The predicted molar refractivity (Wildman–Crippen MR) is 105 cm³/mol. The van der Waals surface area contributed by atoms with Gasteiger partial charge in [0.25, 0.3) is 0 Å². The molecule has 2 heterocycles. The molecular weight excluding hydrogens is 434 g/mol. The zero-order chi connectivity index (χ0) is 19.4. The van der Waals surface area contributed by atoms with E-state index in [1.807, 2.05) is 18.2 Å². The van der Waals surface area contributed by atoms with Gasteiger partial charge in [0.15, 0.2) is 0 Å². The number of benzene rings is 1. The Bertz CT molecular complexity index is 786. The summed E-state index contributed by atoms with van der Waals surface area (Å²) < 4.78 is 27.7. The molecule has 2 aliphatic heterocycles. The van der Waals surface area contributed by atoms with Crippen molar-refractivity contribution in [1.29, 1.82) is 0 Å². The van der Waals surface area contributed by atoms with Crippen LogP contribution in [0.1, 0.15) is 18.4 Å². The summed E-state index contributed by atoms with van der Waals surface area (Å²) in [5, 5.41) is 0. The standard InChI is InChI=1S/C18H24BrN3O4S/c19-17-3-1-2-15(12-17)13-27(25,26)22-6-4-16(5-7-22)18(24)21-10-8-20(14-23)9-11-21/h1-3,12,14,16H,4-11,13H2. The average molecular weight is 458 g/mol. The van der Waals surface area contributed by atoms with Gasteiger partial charge in [-0.25, -0.2) is 12.7 Å². The fraction of sp³-hybridized carbons (Fsp3) is 0.556. The summed E-state index contributed by atoms with van der Waals surface area (Å²) in [5.74, 6) is -0.0756. The first-order valence-electron chi connectivity index (χ1n) is 9.09. The van der Waals surface area contributed by atoms with Gasteiger partial charge in [0.2, 0.25) is 22.3 Å². The maximum Gasteiger partial charge on any atom is 0.225 e. The van der Waals surface area contributed by atoms with Crippen molar-refractivity contribution in [3.63, 3.8) is 0 Å². The molecule has 0 N–H and O–H groups in total. The predicted octanol–water partition coefficient (Wildman–Crippen LogP) is 1.29. The summed E-state index contributed by atoms with van der Waals surface area (Å²) in [4.78, 5) is 26.9. The lowest BCUT2D eigenvalue weighted by Gasteiger charge is -2.37. The smallest absolute Gasteiger partial charge is 0.225 e. The zero-order valence-corrected chi connectivity index (χ0v) is 17.5. The van der Waals surface area contributed by atoms with Crippen LogP contribution < -0.4 is 0 Å². The fourth-order valence-corrected chi connectivity index (χ4v) is 5.61. The minimum atomic E-state index is -3.40. The normalized spacial score (nSPS) is 19.9. The topological polar surface area (TPSA) is 78.0 Å². The monoisotopic (exact) mass is 457 g/mol. The van der Waals surface area contributed by atoms with Crippen LogP contribution in [0, 0.1) is 5.92 Å². The maximum absolute atomic E-state index is 12.7. The summed E-state index contributed by atoms with van der Waals surface area (Å²) in [7, 11) is -3.40. The maximum atomic E-state index is 12.7.